The van der Waals surface area contributed by atoms with Gasteiger partial charge in [0, 0.05) is 11.1 Å². The third-order valence-corrected chi connectivity index (χ3v) is 4.51. The predicted molar refractivity (Wildman–Crippen MR) is 115 cm³/mol. The Kier molecular flexibility index (Phi) is 4.94. The highest BCUT2D eigenvalue weighted by Crippen LogP contribution is 2.32. The van der Waals surface area contributed by atoms with Crippen LogP contribution in [0, 0.1) is 0 Å². The van der Waals surface area contributed by atoms with Crippen LogP contribution in [0.2, 0.25) is 0 Å². The Labute approximate surface area is 167 Å². The maximum atomic E-state index is 12.0. The highest BCUT2D eigenvalue weighted by atomic mass is 16.5. The van der Waals surface area contributed by atoms with Crippen LogP contribution in [0.3, 0.4) is 0 Å². The fourth-order valence-electron chi connectivity index (χ4n) is 3.06. The Morgan fingerprint density at radius 3 is 2.28 bits per heavy atom. The van der Waals surface area contributed by atoms with Crippen molar-refractivity contribution in [2.75, 3.05) is 23.5 Å². The van der Waals surface area contributed by atoms with Crippen molar-refractivity contribution in [1.82, 2.24) is 9.97 Å². The second-order valence-corrected chi connectivity index (χ2v) is 6.30. The van der Waals surface area contributed by atoms with E-state index in [1.807, 2.05) is 42.5 Å². The number of nitrogen functional groups attached to an aromatic ring is 1. The number of carbonyl (C=O) groups is 1. The molecule has 4 rings (SSSR count). The van der Waals surface area contributed by atoms with Crippen molar-refractivity contribution in [2.45, 2.75) is 0 Å². The third-order valence-electron chi connectivity index (χ3n) is 4.51. The van der Waals surface area contributed by atoms with Gasteiger partial charge in [0.15, 0.2) is 11.6 Å². The zero-order valence-electron chi connectivity index (χ0n) is 15.7. The number of esters is 1. The largest absolute Gasteiger partial charge is 0.465 e. The number of ether oxygens (including phenoxy) is 1. The molecule has 0 amide bonds. The van der Waals surface area contributed by atoms with Gasteiger partial charge in [0.05, 0.1) is 18.4 Å². The second-order valence-electron chi connectivity index (χ2n) is 6.30. The van der Waals surface area contributed by atoms with Crippen LogP contribution in [-0.4, -0.2) is 23.0 Å². The molecule has 0 saturated heterocycles. The summed E-state index contributed by atoms with van der Waals surface area (Å²) in [5.74, 6) is 0.406. The molecule has 0 aliphatic carbocycles. The van der Waals surface area contributed by atoms with Gasteiger partial charge < -0.3 is 21.1 Å². The maximum Gasteiger partial charge on any atom is 0.339 e. The van der Waals surface area contributed by atoms with E-state index in [2.05, 4.69) is 20.6 Å². The Bertz CT molecular complexity index is 1190. The van der Waals surface area contributed by atoms with Crippen molar-refractivity contribution in [1.29, 1.82) is 0 Å². The number of nitrogens with two attached hydrogens (primary N) is 1. The monoisotopic (exact) mass is 385 g/mol. The van der Waals surface area contributed by atoms with E-state index in [1.165, 1.54) is 13.4 Å². The molecule has 0 aliphatic rings. The average Bonchev–Trinajstić information content (AvgIpc) is 2.76. The lowest BCUT2D eigenvalue weighted by molar-refractivity contribution is 0.0602. The molecule has 0 aliphatic heterocycles. The van der Waals surface area contributed by atoms with E-state index in [0.717, 1.165) is 16.5 Å². The number of hydrogen-bond donors (Lipinski definition) is 3. The number of methoxy groups -OCH3 is 1. The van der Waals surface area contributed by atoms with Crippen molar-refractivity contribution >= 4 is 45.4 Å². The van der Waals surface area contributed by atoms with Gasteiger partial charge in [0.2, 0.25) is 0 Å². The summed E-state index contributed by atoms with van der Waals surface area (Å²) in [7, 11) is 1.34. The molecule has 29 heavy (non-hydrogen) atoms. The topological polar surface area (TPSA) is 102 Å². The molecule has 4 aromatic rings. The maximum absolute atomic E-state index is 12.0. The van der Waals surface area contributed by atoms with Crippen LogP contribution >= 0.6 is 0 Å². The van der Waals surface area contributed by atoms with Crippen LogP contribution in [0.5, 0.6) is 0 Å². The molecular weight excluding hydrogens is 366 g/mol. The Morgan fingerprint density at radius 1 is 0.862 bits per heavy atom. The first-order valence-electron chi connectivity index (χ1n) is 8.97. The average molecular weight is 385 g/mol. The molecule has 4 N–H and O–H groups in total. The molecule has 0 radical (unpaired) electrons. The first-order chi connectivity index (χ1) is 14.2. The molecule has 0 saturated carbocycles. The van der Waals surface area contributed by atoms with E-state index < -0.39 is 5.97 Å². The Hall–Kier alpha value is -4.13. The van der Waals surface area contributed by atoms with E-state index in [9.17, 15) is 4.79 Å². The van der Waals surface area contributed by atoms with Crippen LogP contribution in [0.15, 0.2) is 73.1 Å². The van der Waals surface area contributed by atoms with Gasteiger partial charge in [0.25, 0.3) is 0 Å². The lowest BCUT2D eigenvalue weighted by atomic mass is 10.1. The number of aromatic nitrogens is 2. The van der Waals surface area contributed by atoms with Gasteiger partial charge >= 0.3 is 5.97 Å². The second kappa shape index (κ2) is 7.85. The number of nitrogens with zero attached hydrogens (tertiary/aromatic N) is 2. The van der Waals surface area contributed by atoms with E-state index in [1.54, 1.807) is 24.3 Å². The molecule has 7 nitrogen and oxygen atoms in total. The standard InChI is InChI=1S/C22H19N5O2/c1-29-22(28)16-10-4-5-11-18(16)27-21-19(23)20(24-13-25-21)26-17-12-6-8-14-7-2-3-9-15(14)17/h2-13H,23H2,1H3,(H2,24,25,26,27). The molecule has 1 heterocycles. The number of benzene rings is 3. The lowest BCUT2D eigenvalue weighted by Gasteiger charge is -2.15. The first-order valence-corrected chi connectivity index (χ1v) is 8.97. The van der Waals surface area contributed by atoms with Gasteiger partial charge in [-0.15, -0.1) is 0 Å². The number of carbonyl (C=O) groups excluding carboxylic acids is 1. The minimum atomic E-state index is -0.449. The molecule has 7 heteroatoms. The molecule has 0 bridgehead atoms. The molecule has 144 valence electrons. The number of rotatable bonds is 5. The van der Waals surface area contributed by atoms with Crippen LogP contribution in [0.25, 0.3) is 10.8 Å². The molecule has 0 spiro atoms. The number of fused-ring (bicyclic) bond motifs is 1. The quantitative estimate of drug-likeness (QED) is 0.435. The summed E-state index contributed by atoms with van der Waals surface area (Å²) in [6, 6.07) is 21.0. The van der Waals surface area contributed by atoms with Gasteiger partial charge in [-0.3, -0.25) is 0 Å². The number of para-hydroxylation sites is 1. The van der Waals surface area contributed by atoms with Gasteiger partial charge in [-0.1, -0.05) is 48.5 Å². The van der Waals surface area contributed by atoms with Crippen molar-refractivity contribution < 1.29 is 9.53 Å². The number of nitrogens with one attached hydrogen (secondary N) is 2. The predicted octanol–water partition coefficient (Wildman–Crippen LogP) is 4.49. The minimum absolute atomic E-state index is 0.333. The van der Waals surface area contributed by atoms with Crippen molar-refractivity contribution in [3.63, 3.8) is 0 Å². The molecule has 0 unspecified atom stereocenters. The van der Waals surface area contributed by atoms with E-state index in [0.29, 0.717) is 28.6 Å². The van der Waals surface area contributed by atoms with E-state index in [-0.39, 0.29) is 0 Å². The normalized spacial score (nSPS) is 10.5. The van der Waals surface area contributed by atoms with Gasteiger partial charge in [-0.25, -0.2) is 14.8 Å². The third kappa shape index (κ3) is 3.66. The van der Waals surface area contributed by atoms with Crippen LogP contribution in [0.1, 0.15) is 10.4 Å². The summed E-state index contributed by atoms with van der Waals surface area (Å²) in [4.78, 5) is 20.5. The first kappa shape index (κ1) is 18.2. The van der Waals surface area contributed by atoms with Gasteiger partial charge in [-0.05, 0) is 23.6 Å². The summed E-state index contributed by atoms with van der Waals surface area (Å²) in [5, 5.41) is 8.55. The van der Waals surface area contributed by atoms with Crippen molar-refractivity contribution in [3.05, 3.63) is 78.6 Å². The zero-order chi connectivity index (χ0) is 20.2. The molecule has 3 aromatic carbocycles. The van der Waals surface area contributed by atoms with Crippen molar-refractivity contribution in [2.24, 2.45) is 0 Å². The fraction of sp³-hybridized carbons (Fsp3) is 0.0455. The van der Waals surface area contributed by atoms with E-state index in [4.69, 9.17) is 10.5 Å². The molecular formula is C22H19N5O2. The summed E-state index contributed by atoms with van der Waals surface area (Å²) in [6.45, 7) is 0. The zero-order valence-corrected chi connectivity index (χ0v) is 15.7. The molecule has 1 aromatic heterocycles. The van der Waals surface area contributed by atoms with Gasteiger partial charge in [0.1, 0.15) is 12.0 Å². The van der Waals surface area contributed by atoms with E-state index >= 15 is 0 Å². The Balaban J connectivity index is 1.68. The summed E-state index contributed by atoms with van der Waals surface area (Å²) in [5.41, 5.74) is 8.46. The molecule has 0 fully saturated rings. The number of hydrogen-bond acceptors (Lipinski definition) is 7. The van der Waals surface area contributed by atoms with Crippen LogP contribution in [-0.2, 0) is 4.74 Å². The summed E-state index contributed by atoms with van der Waals surface area (Å²) in [6.07, 6.45) is 1.41. The van der Waals surface area contributed by atoms with Crippen LogP contribution in [0.4, 0.5) is 28.7 Å². The number of anilines is 5. The molecule has 0 atom stereocenters. The van der Waals surface area contributed by atoms with Gasteiger partial charge in [-0.2, -0.15) is 0 Å². The van der Waals surface area contributed by atoms with Crippen LogP contribution < -0.4 is 16.4 Å². The van der Waals surface area contributed by atoms with Crippen molar-refractivity contribution in [3.8, 4) is 0 Å². The highest BCUT2D eigenvalue weighted by Gasteiger charge is 2.15. The smallest absolute Gasteiger partial charge is 0.339 e. The lowest BCUT2D eigenvalue weighted by Crippen LogP contribution is -2.09. The highest BCUT2D eigenvalue weighted by molar-refractivity contribution is 5.98. The Morgan fingerprint density at radius 2 is 1.48 bits per heavy atom. The fourth-order valence-corrected chi connectivity index (χ4v) is 3.06. The summed E-state index contributed by atoms with van der Waals surface area (Å²) >= 11 is 0. The SMILES string of the molecule is COC(=O)c1ccccc1Nc1ncnc(Nc2cccc3ccccc23)c1N. The summed E-state index contributed by atoms with van der Waals surface area (Å²) < 4.78 is 4.83. The minimum Gasteiger partial charge on any atom is -0.465 e.